The third kappa shape index (κ3) is 5.50. The summed E-state index contributed by atoms with van der Waals surface area (Å²) in [7, 11) is -1.11. The van der Waals surface area contributed by atoms with Crippen LogP contribution in [0.3, 0.4) is 0 Å². The highest BCUT2D eigenvalue weighted by Gasteiger charge is 2.33. The van der Waals surface area contributed by atoms with Gasteiger partial charge in [-0.1, -0.05) is 0 Å². The molecule has 4 N–H and O–H groups in total. The van der Waals surface area contributed by atoms with Crippen molar-refractivity contribution in [3.8, 4) is 17.6 Å². The summed E-state index contributed by atoms with van der Waals surface area (Å²) in [6.45, 7) is 1.60. The van der Waals surface area contributed by atoms with Crippen LogP contribution in [0.1, 0.15) is 28.4 Å². The Hall–Kier alpha value is -3.27. The Kier molecular flexibility index (Phi) is 6.64. The number of nitrogens with two attached hydrogens (primary N) is 1. The van der Waals surface area contributed by atoms with Gasteiger partial charge < -0.3 is 30.2 Å². The Labute approximate surface area is 181 Å². The summed E-state index contributed by atoms with van der Waals surface area (Å²) in [5.41, 5.74) is 6.34. The van der Waals surface area contributed by atoms with Crippen molar-refractivity contribution >= 4 is 18.5 Å². The molecule has 32 heavy (non-hydrogen) atoms. The molecule has 1 aliphatic heterocycles. The van der Waals surface area contributed by atoms with Gasteiger partial charge in [-0.15, -0.1) is 13.2 Å². The minimum atomic E-state index is -4.84. The lowest BCUT2D eigenvalue weighted by Gasteiger charge is -2.24. The average Bonchev–Trinajstić information content (AvgIpc) is 3.12. The highest BCUT2D eigenvalue weighted by molar-refractivity contribution is 6.61. The molecule has 0 aliphatic carbocycles. The van der Waals surface area contributed by atoms with Crippen molar-refractivity contribution in [2.24, 2.45) is 5.73 Å². The van der Waals surface area contributed by atoms with E-state index in [1.165, 1.54) is 6.92 Å². The van der Waals surface area contributed by atoms with Gasteiger partial charge in [0.05, 0.1) is 12.7 Å². The number of ether oxygens (including phenoxy) is 2. The third-order valence-corrected chi connectivity index (χ3v) is 4.74. The SMILES string of the molecule is CC(C#N)(COc1cc(CN)c2c(c1)B(O)OC2)NC(=O)c1ccc(OC(F)(F)F)cc1. The number of nitriles is 1. The lowest BCUT2D eigenvalue weighted by atomic mass is 9.78. The third-order valence-electron chi connectivity index (χ3n) is 4.74. The van der Waals surface area contributed by atoms with E-state index >= 15 is 0 Å². The van der Waals surface area contributed by atoms with E-state index in [4.69, 9.17) is 15.1 Å². The van der Waals surface area contributed by atoms with E-state index < -0.39 is 30.7 Å². The van der Waals surface area contributed by atoms with E-state index in [1.54, 1.807) is 12.1 Å². The predicted molar refractivity (Wildman–Crippen MR) is 107 cm³/mol. The molecule has 1 aliphatic rings. The van der Waals surface area contributed by atoms with Crippen molar-refractivity contribution in [3.63, 3.8) is 0 Å². The molecule has 12 heteroatoms. The Bertz CT molecular complexity index is 1040. The summed E-state index contributed by atoms with van der Waals surface area (Å²) < 4.78 is 51.4. The monoisotopic (exact) mass is 449 g/mol. The molecule has 3 rings (SSSR count). The smallest absolute Gasteiger partial charge is 0.490 e. The van der Waals surface area contributed by atoms with E-state index in [0.717, 1.165) is 35.4 Å². The molecule has 168 valence electrons. The van der Waals surface area contributed by atoms with Gasteiger partial charge in [0, 0.05) is 12.1 Å². The molecule has 0 radical (unpaired) electrons. The van der Waals surface area contributed by atoms with Crippen LogP contribution in [0.2, 0.25) is 0 Å². The van der Waals surface area contributed by atoms with Gasteiger partial charge in [0.1, 0.15) is 18.1 Å². The number of halogens is 3. The highest BCUT2D eigenvalue weighted by atomic mass is 19.4. The van der Waals surface area contributed by atoms with Gasteiger partial charge in [0.15, 0.2) is 5.54 Å². The van der Waals surface area contributed by atoms with E-state index in [0.29, 0.717) is 11.2 Å². The summed E-state index contributed by atoms with van der Waals surface area (Å²) in [6.07, 6.45) is -4.84. The van der Waals surface area contributed by atoms with Gasteiger partial charge in [-0.25, -0.2) is 0 Å². The molecule has 0 saturated heterocycles. The van der Waals surface area contributed by atoms with Crippen LogP contribution in [0, 0.1) is 11.3 Å². The minimum absolute atomic E-state index is 0.0317. The van der Waals surface area contributed by atoms with Gasteiger partial charge in [-0.3, -0.25) is 4.79 Å². The van der Waals surface area contributed by atoms with Crippen LogP contribution in [-0.4, -0.2) is 36.6 Å². The topological polar surface area (TPSA) is 127 Å². The van der Waals surface area contributed by atoms with Gasteiger partial charge in [-0.05, 0) is 59.9 Å². The van der Waals surface area contributed by atoms with Crippen LogP contribution < -0.4 is 26.0 Å². The number of amides is 1. The first-order valence-electron chi connectivity index (χ1n) is 9.41. The van der Waals surface area contributed by atoms with Gasteiger partial charge in [-0.2, -0.15) is 5.26 Å². The molecule has 0 fully saturated rings. The number of nitrogens with one attached hydrogen (secondary N) is 1. The largest absolute Gasteiger partial charge is 0.573 e. The second-order valence-corrected chi connectivity index (χ2v) is 7.28. The molecule has 0 saturated carbocycles. The zero-order valence-corrected chi connectivity index (χ0v) is 16.9. The summed E-state index contributed by atoms with van der Waals surface area (Å²) >= 11 is 0. The summed E-state index contributed by atoms with van der Waals surface area (Å²) in [5, 5.41) is 22.0. The number of nitrogens with zero attached hydrogens (tertiary/aromatic N) is 1. The standard InChI is InChI=1S/C20H19BF3N3O5/c1-19(10-26,27-18(28)12-2-4-14(5-3-12)32-20(22,23)24)11-30-15-6-13(8-25)16-9-31-21(29)17(16)7-15/h2-7,29H,8-9,11,25H2,1H3,(H,27,28). The molecule has 0 bridgehead atoms. The number of fused-ring (bicyclic) bond motifs is 1. The van der Waals surface area contributed by atoms with E-state index in [9.17, 15) is 28.3 Å². The second kappa shape index (κ2) is 9.08. The summed E-state index contributed by atoms with van der Waals surface area (Å²) in [5.74, 6) is -0.825. The molecule has 2 aromatic carbocycles. The number of hydrogen-bond donors (Lipinski definition) is 3. The second-order valence-electron chi connectivity index (χ2n) is 7.28. The quantitative estimate of drug-likeness (QED) is 0.545. The fourth-order valence-electron chi connectivity index (χ4n) is 3.09. The summed E-state index contributed by atoms with van der Waals surface area (Å²) in [6, 6.07) is 9.47. The minimum Gasteiger partial charge on any atom is -0.490 e. The molecular formula is C20H19BF3N3O5. The van der Waals surface area contributed by atoms with Crippen molar-refractivity contribution < 1.29 is 37.1 Å². The average molecular weight is 449 g/mol. The number of benzene rings is 2. The number of hydrogen-bond acceptors (Lipinski definition) is 7. The molecule has 8 nitrogen and oxygen atoms in total. The van der Waals surface area contributed by atoms with Crippen molar-refractivity contribution in [1.29, 1.82) is 5.26 Å². The fraction of sp³-hybridized carbons (Fsp3) is 0.300. The Balaban J connectivity index is 1.68. The summed E-state index contributed by atoms with van der Waals surface area (Å²) in [4.78, 5) is 12.5. The molecule has 1 unspecified atom stereocenters. The number of carbonyl (C=O) groups is 1. The van der Waals surface area contributed by atoms with Crippen LogP contribution >= 0.6 is 0 Å². The molecule has 1 amide bonds. The Morgan fingerprint density at radius 3 is 2.59 bits per heavy atom. The van der Waals surface area contributed by atoms with Crippen LogP contribution in [0.25, 0.3) is 0 Å². The molecule has 1 atom stereocenters. The van der Waals surface area contributed by atoms with Gasteiger partial charge in [0.25, 0.3) is 5.91 Å². The molecule has 2 aromatic rings. The zero-order chi connectivity index (χ0) is 23.5. The van der Waals surface area contributed by atoms with Crippen molar-refractivity contribution in [3.05, 3.63) is 53.1 Å². The van der Waals surface area contributed by atoms with Crippen molar-refractivity contribution in [2.45, 2.75) is 32.0 Å². The lowest BCUT2D eigenvalue weighted by molar-refractivity contribution is -0.274. The van der Waals surface area contributed by atoms with E-state index in [1.807, 2.05) is 6.07 Å². The first-order chi connectivity index (χ1) is 15.0. The van der Waals surface area contributed by atoms with Crippen LogP contribution in [-0.2, 0) is 17.8 Å². The molecular weight excluding hydrogens is 430 g/mol. The number of carbonyl (C=O) groups excluding carboxylic acids is 1. The van der Waals surface area contributed by atoms with Crippen molar-refractivity contribution in [1.82, 2.24) is 5.32 Å². The van der Waals surface area contributed by atoms with Crippen molar-refractivity contribution in [2.75, 3.05) is 6.61 Å². The maximum absolute atomic E-state index is 12.5. The van der Waals surface area contributed by atoms with Crippen LogP contribution in [0.4, 0.5) is 13.2 Å². The molecule has 1 heterocycles. The maximum Gasteiger partial charge on any atom is 0.573 e. The first kappa shape index (κ1) is 23.4. The highest BCUT2D eigenvalue weighted by Crippen LogP contribution is 2.24. The van der Waals surface area contributed by atoms with Crippen LogP contribution in [0.5, 0.6) is 11.5 Å². The lowest BCUT2D eigenvalue weighted by Crippen LogP contribution is -2.49. The van der Waals surface area contributed by atoms with E-state index in [-0.39, 0.29) is 25.3 Å². The van der Waals surface area contributed by atoms with E-state index in [2.05, 4.69) is 10.1 Å². The fourth-order valence-corrected chi connectivity index (χ4v) is 3.09. The Morgan fingerprint density at radius 2 is 2.00 bits per heavy atom. The normalized spacial score (nSPS) is 14.8. The number of rotatable bonds is 7. The number of alkyl halides is 3. The predicted octanol–water partition coefficient (Wildman–Crippen LogP) is 1.35. The van der Waals surface area contributed by atoms with Gasteiger partial charge in [0.2, 0.25) is 0 Å². The Morgan fingerprint density at radius 1 is 1.31 bits per heavy atom. The van der Waals surface area contributed by atoms with Crippen LogP contribution in [0.15, 0.2) is 36.4 Å². The first-order valence-corrected chi connectivity index (χ1v) is 9.41. The maximum atomic E-state index is 12.5. The molecule has 0 spiro atoms. The zero-order valence-electron chi connectivity index (χ0n) is 16.9. The van der Waals surface area contributed by atoms with Gasteiger partial charge >= 0.3 is 13.5 Å². The molecule has 0 aromatic heterocycles.